The fraction of sp³-hybridized carbons (Fsp3) is 0.355. The van der Waals surface area contributed by atoms with Crippen molar-refractivity contribution < 1.29 is 14.3 Å². The van der Waals surface area contributed by atoms with Crippen LogP contribution < -0.4 is 5.32 Å². The van der Waals surface area contributed by atoms with Crippen LogP contribution in [0.5, 0.6) is 0 Å². The molecule has 1 atom stereocenters. The number of nitrogens with zero attached hydrogens (tertiary/aromatic N) is 1. The quantitative estimate of drug-likeness (QED) is 0.349. The third kappa shape index (κ3) is 5.21. The standard InChI is InChI=1S/C31H36N2O3/c1-4-36-28(34)23-33-29(35)27(21-14-22-30(33,2)3)32-31(24-15-8-5-9-16-24,25-17-10-6-11-18-25)26-19-12-7-13-20-26/h5-13,15-20,27,32H,4,14,21-23H2,1-3H3/t27-/m0/s1. The molecule has 0 bridgehead atoms. The molecule has 1 fully saturated rings. The van der Waals surface area contributed by atoms with E-state index >= 15 is 0 Å². The van der Waals surface area contributed by atoms with Gasteiger partial charge < -0.3 is 9.64 Å². The Morgan fingerprint density at radius 2 is 1.39 bits per heavy atom. The molecule has 0 unspecified atom stereocenters. The molecule has 1 aliphatic rings. The highest BCUT2D eigenvalue weighted by Crippen LogP contribution is 2.39. The third-order valence-electron chi connectivity index (χ3n) is 7.18. The lowest BCUT2D eigenvalue weighted by Crippen LogP contribution is -2.58. The summed E-state index contributed by atoms with van der Waals surface area (Å²) in [5, 5.41) is 3.84. The molecule has 1 aliphatic heterocycles. The minimum atomic E-state index is -0.756. The van der Waals surface area contributed by atoms with E-state index in [0.29, 0.717) is 13.0 Å². The Kier molecular flexibility index (Phi) is 7.90. The molecule has 4 rings (SSSR count). The Balaban J connectivity index is 1.83. The number of likely N-dealkylation sites (tertiary alicyclic amines) is 1. The van der Waals surface area contributed by atoms with Crippen molar-refractivity contribution in [1.29, 1.82) is 0 Å². The summed E-state index contributed by atoms with van der Waals surface area (Å²) in [5.41, 5.74) is 1.95. The maximum Gasteiger partial charge on any atom is 0.325 e. The number of carbonyl (C=O) groups is 2. The van der Waals surface area contributed by atoms with E-state index in [-0.39, 0.29) is 18.4 Å². The smallest absolute Gasteiger partial charge is 0.325 e. The van der Waals surface area contributed by atoms with Crippen molar-refractivity contribution in [3.63, 3.8) is 0 Å². The maximum absolute atomic E-state index is 14.1. The Bertz CT molecular complexity index is 1050. The Hall–Kier alpha value is -3.44. The van der Waals surface area contributed by atoms with Crippen LogP contribution in [-0.2, 0) is 19.9 Å². The van der Waals surface area contributed by atoms with Gasteiger partial charge >= 0.3 is 5.97 Å². The van der Waals surface area contributed by atoms with Crippen molar-refractivity contribution in [2.75, 3.05) is 13.2 Å². The number of esters is 1. The van der Waals surface area contributed by atoms with Crippen LogP contribution in [0.1, 0.15) is 56.7 Å². The highest BCUT2D eigenvalue weighted by Gasteiger charge is 2.44. The highest BCUT2D eigenvalue weighted by atomic mass is 16.5. The molecule has 3 aromatic rings. The van der Waals surface area contributed by atoms with Crippen LogP contribution in [0.25, 0.3) is 0 Å². The Labute approximate surface area is 214 Å². The topological polar surface area (TPSA) is 58.6 Å². The van der Waals surface area contributed by atoms with Crippen molar-refractivity contribution in [3.05, 3.63) is 108 Å². The summed E-state index contributed by atoms with van der Waals surface area (Å²) in [4.78, 5) is 28.3. The van der Waals surface area contributed by atoms with E-state index in [2.05, 4.69) is 41.7 Å². The van der Waals surface area contributed by atoms with Gasteiger partial charge in [0.1, 0.15) is 6.54 Å². The number of amides is 1. The van der Waals surface area contributed by atoms with Gasteiger partial charge in [0.2, 0.25) is 5.91 Å². The fourth-order valence-electron chi connectivity index (χ4n) is 5.32. The molecule has 36 heavy (non-hydrogen) atoms. The highest BCUT2D eigenvalue weighted by molar-refractivity contribution is 5.87. The van der Waals surface area contributed by atoms with E-state index in [0.717, 1.165) is 29.5 Å². The zero-order valence-corrected chi connectivity index (χ0v) is 21.4. The van der Waals surface area contributed by atoms with E-state index < -0.39 is 17.1 Å². The van der Waals surface area contributed by atoms with Crippen molar-refractivity contribution in [1.82, 2.24) is 10.2 Å². The molecule has 1 N–H and O–H groups in total. The van der Waals surface area contributed by atoms with E-state index in [4.69, 9.17) is 4.74 Å². The van der Waals surface area contributed by atoms with Crippen molar-refractivity contribution in [3.8, 4) is 0 Å². The molecule has 0 aliphatic carbocycles. The van der Waals surface area contributed by atoms with Gasteiger partial charge in [-0.2, -0.15) is 0 Å². The van der Waals surface area contributed by atoms with E-state index in [1.54, 1.807) is 11.8 Å². The molecule has 0 aromatic heterocycles. The van der Waals surface area contributed by atoms with Gasteiger partial charge in [-0.3, -0.25) is 14.9 Å². The number of hydrogen-bond donors (Lipinski definition) is 1. The summed E-state index contributed by atoms with van der Waals surface area (Å²) in [6, 6.07) is 30.3. The van der Waals surface area contributed by atoms with E-state index in [1.807, 2.05) is 68.4 Å². The summed E-state index contributed by atoms with van der Waals surface area (Å²) >= 11 is 0. The van der Waals surface area contributed by atoms with E-state index in [1.165, 1.54) is 0 Å². The normalized spacial score (nSPS) is 17.9. The fourth-order valence-corrected chi connectivity index (χ4v) is 5.32. The van der Waals surface area contributed by atoms with Gasteiger partial charge in [-0.1, -0.05) is 91.0 Å². The van der Waals surface area contributed by atoms with E-state index in [9.17, 15) is 9.59 Å². The average molecular weight is 485 g/mol. The summed E-state index contributed by atoms with van der Waals surface area (Å²) in [7, 11) is 0. The lowest BCUT2D eigenvalue weighted by atomic mass is 9.76. The molecule has 188 valence electrons. The van der Waals surface area contributed by atoms with Gasteiger partial charge in [0.15, 0.2) is 0 Å². The molecular formula is C31H36N2O3. The SMILES string of the molecule is CCOC(=O)CN1C(=O)[C@@H](NC(c2ccccc2)(c2ccccc2)c2ccccc2)CCCC1(C)C. The van der Waals surface area contributed by atoms with Crippen LogP contribution in [0.3, 0.4) is 0 Å². The number of hydrogen-bond acceptors (Lipinski definition) is 4. The number of ether oxygens (including phenoxy) is 1. The summed E-state index contributed by atoms with van der Waals surface area (Å²) in [6.45, 7) is 6.09. The van der Waals surface area contributed by atoms with Gasteiger partial charge in [-0.05, 0) is 56.7 Å². The zero-order chi connectivity index (χ0) is 25.6. The molecule has 1 amide bonds. The van der Waals surface area contributed by atoms with Gasteiger partial charge in [0.05, 0.1) is 18.2 Å². The molecule has 3 aromatic carbocycles. The molecule has 5 nitrogen and oxygen atoms in total. The Morgan fingerprint density at radius 3 is 1.83 bits per heavy atom. The number of nitrogens with one attached hydrogen (secondary N) is 1. The van der Waals surface area contributed by atoms with Gasteiger partial charge in [0.25, 0.3) is 0 Å². The average Bonchev–Trinajstić information content (AvgIpc) is 3.00. The minimum absolute atomic E-state index is 0.0487. The molecule has 1 saturated heterocycles. The van der Waals surface area contributed by atoms with Crippen LogP contribution in [0.2, 0.25) is 0 Å². The second kappa shape index (κ2) is 11.1. The third-order valence-corrected chi connectivity index (χ3v) is 7.18. The summed E-state index contributed by atoms with van der Waals surface area (Å²) in [6.07, 6.45) is 2.35. The number of rotatable bonds is 8. The first-order valence-electron chi connectivity index (χ1n) is 12.8. The van der Waals surface area contributed by atoms with Gasteiger partial charge in [-0.25, -0.2) is 0 Å². The first kappa shape index (κ1) is 25.6. The van der Waals surface area contributed by atoms with Crippen LogP contribution in [0.4, 0.5) is 0 Å². The summed E-state index contributed by atoms with van der Waals surface area (Å²) < 4.78 is 5.22. The second-order valence-corrected chi connectivity index (χ2v) is 9.98. The second-order valence-electron chi connectivity index (χ2n) is 9.98. The van der Waals surface area contributed by atoms with Crippen molar-refractivity contribution in [2.24, 2.45) is 0 Å². The molecule has 0 radical (unpaired) electrons. The van der Waals surface area contributed by atoms with Crippen LogP contribution in [0.15, 0.2) is 91.0 Å². The monoisotopic (exact) mass is 484 g/mol. The van der Waals surface area contributed by atoms with Crippen molar-refractivity contribution >= 4 is 11.9 Å². The molecule has 0 spiro atoms. The number of carbonyl (C=O) groups excluding carboxylic acids is 2. The zero-order valence-electron chi connectivity index (χ0n) is 21.4. The van der Waals surface area contributed by atoms with Gasteiger partial charge in [0, 0.05) is 5.54 Å². The molecule has 1 heterocycles. The van der Waals surface area contributed by atoms with Crippen LogP contribution >= 0.6 is 0 Å². The predicted octanol–water partition coefficient (Wildman–Crippen LogP) is 5.29. The first-order valence-corrected chi connectivity index (χ1v) is 12.8. The molecule has 0 saturated carbocycles. The predicted molar refractivity (Wildman–Crippen MR) is 142 cm³/mol. The molecular weight excluding hydrogens is 448 g/mol. The lowest BCUT2D eigenvalue weighted by molar-refractivity contribution is -0.153. The van der Waals surface area contributed by atoms with Crippen molar-refractivity contribution in [2.45, 2.75) is 57.2 Å². The molecule has 5 heteroatoms. The van der Waals surface area contributed by atoms with Gasteiger partial charge in [-0.15, -0.1) is 0 Å². The number of benzene rings is 3. The minimum Gasteiger partial charge on any atom is -0.465 e. The maximum atomic E-state index is 14.1. The first-order chi connectivity index (χ1) is 17.4. The largest absolute Gasteiger partial charge is 0.465 e. The summed E-state index contributed by atoms with van der Waals surface area (Å²) in [5.74, 6) is -0.447. The Morgan fingerprint density at radius 1 is 0.917 bits per heavy atom. The van der Waals surface area contributed by atoms with Crippen LogP contribution in [-0.4, -0.2) is 41.5 Å². The van der Waals surface area contributed by atoms with Crippen LogP contribution in [0, 0.1) is 0 Å². The lowest BCUT2D eigenvalue weighted by Gasteiger charge is -2.42.